The summed E-state index contributed by atoms with van der Waals surface area (Å²) < 4.78 is 0. The molecule has 0 aromatic heterocycles. The molecule has 2 aliphatic heterocycles. The molecule has 2 N–H and O–H groups in total. The Kier molecular flexibility index (Phi) is 7.59. The maximum Gasteiger partial charge on any atom is 0.0545 e. The Morgan fingerprint density at radius 2 is 1.71 bits per heavy atom. The first-order chi connectivity index (χ1) is 10.4. The Bertz CT molecular complexity index is 287. The average Bonchev–Trinajstić information content (AvgIpc) is 2.52. The lowest BCUT2D eigenvalue weighted by atomic mass is 9.85. The molecule has 2 rings (SSSR count). The molecule has 0 aromatic rings. The summed E-state index contributed by atoms with van der Waals surface area (Å²) in [6, 6.07) is 0. The molecule has 0 aliphatic carbocycles. The van der Waals surface area contributed by atoms with Gasteiger partial charge in [0.25, 0.3) is 0 Å². The second kappa shape index (κ2) is 9.47. The Morgan fingerprint density at radius 1 is 0.952 bits per heavy atom. The quantitative estimate of drug-likeness (QED) is 0.673. The highest BCUT2D eigenvalue weighted by Crippen LogP contribution is 2.28. The zero-order valence-electron chi connectivity index (χ0n) is 14.0. The lowest BCUT2D eigenvalue weighted by molar-refractivity contribution is 0.0765. The van der Waals surface area contributed by atoms with Crippen molar-refractivity contribution in [2.45, 2.75) is 70.3 Å². The van der Waals surface area contributed by atoms with Crippen LogP contribution in [0.4, 0.5) is 0 Å². The number of rotatable bonds is 8. The molecule has 2 saturated heterocycles. The second-order valence-corrected chi connectivity index (χ2v) is 6.79. The van der Waals surface area contributed by atoms with Crippen LogP contribution in [0, 0.1) is 0 Å². The molecule has 0 atom stereocenters. The highest BCUT2D eigenvalue weighted by Gasteiger charge is 2.37. The summed E-state index contributed by atoms with van der Waals surface area (Å²) in [5.41, 5.74) is 0.390. The van der Waals surface area contributed by atoms with Gasteiger partial charge in [0.2, 0.25) is 0 Å². The highest BCUT2D eigenvalue weighted by molar-refractivity contribution is 5.03. The minimum Gasteiger partial charge on any atom is -0.369 e. The third kappa shape index (κ3) is 5.30. The number of piperidine rings is 1. The van der Waals surface area contributed by atoms with Crippen molar-refractivity contribution in [3.63, 3.8) is 0 Å². The number of hydrogen-bond acceptors (Lipinski definition) is 3. The minimum atomic E-state index is 0.390. The molecular formula is C18H35N3. The summed E-state index contributed by atoms with van der Waals surface area (Å²) in [6.45, 7) is 8.10. The third-order valence-electron chi connectivity index (χ3n) is 5.14. The van der Waals surface area contributed by atoms with Crippen LogP contribution in [0.5, 0.6) is 0 Å². The zero-order chi connectivity index (χ0) is 14.8. The number of nitrogens with zero attached hydrogens (tertiary/aromatic N) is 1. The van der Waals surface area contributed by atoms with Crippen molar-refractivity contribution in [3.05, 3.63) is 12.3 Å². The van der Waals surface area contributed by atoms with Gasteiger partial charge in [-0.1, -0.05) is 45.1 Å². The van der Waals surface area contributed by atoms with E-state index in [1.807, 2.05) is 0 Å². The van der Waals surface area contributed by atoms with Crippen LogP contribution < -0.4 is 10.6 Å². The summed E-state index contributed by atoms with van der Waals surface area (Å²) in [6.07, 6.45) is 17.0. The summed E-state index contributed by atoms with van der Waals surface area (Å²) in [5.74, 6) is 0. The number of allylic oxidation sites excluding steroid dienone is 1. The van der Waals surface area contributed by atoms with E-state index in [1.54, 1.807) is 0 Å². The van der Waals surface area contributed by atoms with Gasteiger partial charge >= 0.3 is 0 Å². The standard InChI is InChI=1S/C18H35N3/c1-2-3-4-5-6-7-8-9-15-21-16-14-20-17-18(21)10-12-19-13-11-18/h9,15,19-20H,2-8,10-14,16-17H2,1H3/b15-9+. The van der Waals surface area contributed by atoms with E-state index in [-0.39, 0.29) is 0 Å². The number of nitrogens with one attached hydrogen (secondary N) is 2. The summed E-state index contributed by atoms with van der Waals surface area (Å²) in [4.78, 5) is 2.64. The van der Waals surface area contributed by atoms with Crippen molar-refractivity contribution in [2.24, 2.45) is 0 Å². The van der Waals surface area contributed by atoms with Crippen molar-refractivity contribution in [1.82, 2.24) is 15.5 Å². The number of piperazine rings is 1. The Hall–Kier alpha value is -0.540. The number of hydrogen-bond donors (Lipinski definition) is 2. The monoisotopic (exact) mass is 293 g/mol. The molecule has 0 unspecified atom stereocenters. The molecular weight excluding hydrogens is 258 g/mol. The fraction of sp³-hybridized carbons (Fsp3) is 0.889. The number of unbranched alkanes of at least 4 members (excludes halogenated alkanes) is 6. The molecule has 0 amide bonds. The van der Waals surface area contributed by atoms with Gasteiger partial charge in [-0.2, -0.15) is 0 Å². The van der Waals surface area contributed by atoms with E-state index in [1.165, 1.54) is 77.4 Å². The van der Waals surface area contributed by atoms with Gasteiger partial charge < -0.3 is 15.5 Å². The molecule has 2 heterocycles. The first-order valence-electron chi connectivity index (χ1n) is 9.22. The molecule has 1 spiro atoms. The lowest BCUT2D eigenvalue weighted by Crippen LogP contribution is -2.62. The van der Waals surface area contributed by atoms with Crippen molar-refractivity contribution >= 4 is 0 Å². The van der Waals surface area contributed by atoms with Gasteiger partial charge in [-0.3, -0.25) is 0 Å². The van der Waals surface area contributed by atoms with Crippen LogP contribution in [0.25, 0.3) is 0 Å². The highest BCUT2D eigenvalue weighted by atomic mass is 15.3. The van der Waals surface area contributed by atoms with Crippen LogP contribution in [0.2, 0.25) is 0 Å². The molecule has 0 bridgehead atoms. The van der Waals surface area contributed by atoms with Crippen LogP contribution in [0.15, 0.2) is 12.3 Å². The van der Waals surface area contributed by atoms with Gasteiger partial charge in [0.1, 0.15) is 0 Å². The lowest BCUT2D eigenvalue weighted by Gasteiger charge is -2.49. The molecule has 21 heavy (non-hydrogen) atoms. The van der Waals surface area contributed by atoms with E-state index in [0.717, 1.165) is 13.1 Å². The average molecular weight is 293 g/mol. The van der Waals surface area contributed by atoms with E-state index in [2.05, 4.69) is 34.7 Å². The fourth-order valence-corrected chi connectivity index (χ4v) is 3.69. The topological polar surface area (TPSA) is 27.3 Å². The van der Waals surface area contributed by atoms with Crippen LogP contribution in [0.1, 0.15) is 64.7 Å². The first-order valence-corrected chi connectivity index (χ1v) is 9.22. The van der Waals surface area contributed by atoms with E-state index in [4.69, 9.17) is 0 Å². The molecule has 3 heteroatoms. The molecule has 2 fully saturated rings. The third-order valence-corrected chi connectivity index (χ3v) is 5.14. The molecule has 0 saturated carbocycles. The van der Waals surface area contributed by atoms with Crippen molar-refractivity contribution < 1.29 is 0 Å². The molecule has 0 radical (unpaired) electrons. The van der Waals surface area contributed by atoms with Gasteiger partial charge in [-0.05, 0) is 45.0 Å². The van der Waals surface area contributed by atoms with Gasteiger partial charge in [0, 0.05) is 19.6 Å². The minimum absolute atomic E-state index is 0.390. The van der Waals surface area contributed by atoms with Crippen molar-refractivity contribution in [1.29, 1.82) is 0 Å². The van der Waals surface area contributed by atoms with Crippen LogP contribution in [0.3, 0.4) is 0 Å². The van der Waals surface area contributed by atoms with Gasteiger partial charge in [-0.15, -0.1) is 0 Å². The maximum atomic E-state index is 3.60. The molecule has 2 aliphatic rings. The normalized spacial score (nSPS) is 22.2. The summed E-state index contributed by atoms with van der Waals surface area (Å²) >= 11 is 0. The smallest absolute Gasteiger partial charge is 0.0545 e. The first kappa shape index (κ1) is 16.8. The van der Waals surface area contributed by atoms with Crippen LogP contribution >= 0.6 is 0 Å². The predicted molar refractivity (Wildman–Crippen MR) is 91.5 cm³/mol. The second-order valence-electron chi connectivity index (χ2n) is 6.79. The van der Waals surface area contributed by atoms with E-state index in [0.29, 0.717) is 5.54 Å². The summed E-state index contributed by atoms with van der Waals surface area (Å²) in [5, 5.41) is 7.10. The van der Waals surface area contributed by atoms with Crippen LogP contribution in [-0.2, 0) is 0 Å². The fourth-order valence-electron chi connectivity index (χ4n) is 3.69. The van der Waals surface area contributed by atoms with E-state index < -0.39 is 0 Å². The van der Waals surface area contributed by atoms with Crippen molar-refractivity contribution in [3.8, 4) is 0 Å². The molecule has 0 aromatic carbocycles. The van der Waals surface area contributed by atoms with Gasteiger partial charge in [0.05, 0.1) is 5.54 Å². The molecule has 3 nitrogen and oxygen atoms in total. The van der Waals surface area contributed by atoms with Gasteiger partial charge in [-0.25, -0.2) is 0 Å². The Balaban J connectivity index is 1.68. The maximum absolute atomic E-state index is 3.60. The Morgan fingerprint density at radius 3 is 2.52 bits per heavy atom. The largest absolute Gasteiger partial charge is 0.369 e. The Labute approximate surface area is 131 Å². The van der Waals surface area contributed by atoms with Crippen molar-refractivity contribution in [2.75, 3.05) is 32.7 Å². The summed E-state index contributed by atoms with van der Waals surface area (Å²) in [7, 11) is 0. The SMILES string of the molecule is CCCCCCCC/C=C/N1CCNCC12CCNCC2. The zero-order valence-corrected chi connectivity index (χ0v) is 14.0. The van der Waals surface area contributed by atoms with E-state index >= 15 is 0 Å². The van der Waals surface area contributed by atoms with E-state index in [9.17, 15) is 0 Å². The van der Waals surface area contributed by atoms with Gasteiger partial charge in [0.15, 0.2) is 0 Å². The molecule has 122 valence electrons. The van der Waals surface area contributed by atoms with Crippen LogP contribution in [-0.4, -0.2) is 43.2 Å². The predicted octanol–water partition coefficient (Wildman–Crippen LogP) is 3.28.